The van der Waals surface area contributed by atoms with Gasteiger partial charge >= 0.3 is 0 Å². The quantitative estimate of drug-likeness (QED) is 0.164. The Hall–Kier alpha value is -6.21. The summed E-state index contributed by atoms with van der Waals surface area (Å²) in [5.74, 6) is 2.46. The highest BCUT2D eigenvalue weighted by Gasteiger charge is 2.64. The number of aromatic nitrogens is 4. The van der Waals surface area contributed by atoms with E-state index in [2.05, 4.69) is 69.1 Å². The fourth-order valence-electron chi connectivity index (χ4n) is 11.1. The lowest BCUT2D eigenvalue weighted by molar-refractivity contribution is -0.164. The van der Waals surface area contributed by atoms with Crippen molar-refractivity contribution in [2.45, 2.75) is 91.0 Å². The molecule has 2 aliphatic carbocycles. The maximum atomic E-state index is 13.7. The Kier molecular flexibility index (Phi) is 10.8. The number of hydrogen-bond donors (Lipinski definition) is 2. The van der Waals surface area contributed by atoms with Gasteiger partial charge < -0.3 is 39.7 Å². The van der Waals surface area contributed by atoms with Crippen LogP contribution in [0.2, 0.25) is 5.02 Å². The first-order valence-electron chi connectivity index (χ1n) is 22.0. The number of nitrogens with zero attached hydrogens (tertiary/aromatic N) is 9. The molecule has 0 unspecified atom stereocenters. The number of likely N-dealkylation sites (tertiary alicyclic amines) is 1. The highest BCUT2D eigenvalue weighted by Crippen LogP contribution is 2.56. The van der Waals surface area contributed by atoms with E-state index in [1.807, 2.05) is 17.9 Å². The predicted octanol–water partition coefficient (Wildman–Crippen LogP) is 6.62. The number of carbonyl (C=O) groups is 3. The number of nitrogens with one attached hydrogen (secondary N) is 2. The molecule has 334 valence electrons. The summed E-state index contributed by atoms with van der Waals surface area (Å²) in [7, 11) is 3.35. The molecule has 9 rings (SSSR count). The Balaban J connectivity index is 0.784. The zero-order valence-corrected chi connectivity index (χ0v) is 38.1. The van der Waals surface area contributed by atoms with Gasteiger partial charge in [0.05, 0.1) is 35.1 Å². The molecule has 2 aromatic carbocycles. The topological polar surface area (TPSA) is 182 Å². The predicted molar refractivity (Wildman–Crippen MR) is 243 cm³/mol. The number of likely N-dealkylation sites (N-methyl/N-ethyl adjacent to an activating group) is 1. The van der Waals surface area contributed by atoms with E-state index >= 15 is 0 Å². The summed E-state index contributed by atoms with van der Waals surface area (Å²) in [4.78, 5) is 66.9. The number of nitriles is 1. The summed E-state index contributed by atoms with van der Waals surface area (Å²) in [6.07, 6.45) is 9.61. The third kappa shape index (κ3) is 7.27. The third-order valence-corrected chi connectivity index (χ3v) is 14.4. The molecule has 2 saturated carbocycles. The fourth-order valence-corrected chi connectivity index (χ4v) is 11.3. The summed E-state index contributed by atoms with van der Waals surface area (Å²) in [6, 6.07) is 12.2. The van der Waals surface area contributed by atoms with Gasteiger partial charge in [-0.2, -0.15) is 10.2 Å². The lowest BCUT2D eigenvalue weighted by atomic mass is 9.49. The van der Waals surface area contributed by atoms with E-state index < -0.39 is 10.8 Å². The van der Waals surface area contributed by atoms with Gasteiger partial charge in [0.2, 0.25) is 17.8 Å². The van der Waals surface area contributed by atoms with E-state index in [1.54, 1.807) is 68.0 Å². The van der Waals surface area contributed by atoms with Gasteiger partial charge in [-0.1, -0.05) is 59.1 Å². The van der Waals surface area contributed by atoms with Gasteiger partial charge in [-0.25, -0.2) is 15.0 Å². The number of amides is 3. The number of methoxy groups -OCH3 is 1. The second-order valence-corrected chi connectivity index (χ2v) is 19.6. The van der Waals surface area contributed by atoms with Crippen LogP contribution in [0, 0.1) is 27.6 Å². The van der Waals surface area contributed by atoms with Crippen LogP contribution in [0.5, 0.6) is 11.5 Å². The second-order valence-electron chi connectivity index (χ2n) is 19.2. The van der Waals surface area contributed by atoms with Crippen LogP contribution < -0.4 is 34.8 Å². The Morgan fingerprint density at radius 1 is 0.953 bits per heavy atom. The van der Waals surface area contributed by atoms with Crippen LogP contribution in [-0.4, -0.2) is 107 Å². The molecule has 64 heavy (non-hydrogen) atoms. The summed E-state index contributed by atoms with van der Waals surface area (Å²) >= 11 is 6.25. The largest absolute Gasteiger partial charge is 0.495 e. The van der Waals surface area contributed by atoms with Crippen molar-refractivity contribution in [2.75, 3.05) is 60.4 Å². The molecule has 4 fully saturated rings. The molecule has 1 atom stereocenters. The molecular weight excluding hydrogens is 834 g/mol. The Morgan fingerprint density at radius 2 is 1.66 bits per heavy atom. The molecule has 2 saturated heterocycles. The first kappa shape index (κ1) is 43.1. The average Bonchev–Trinajstić information content (AvgIpc) is 3.79. The van der Waals surface area contributed by atoms with Crippen LogP contribution in [0.1, 0.15) is 93.0 Å². The minimum atomic E-state index is -0.409. The van der Waals surface area contributed by atoms with Crippen molar-refractivity contribution < 1.29 is 23.9 Å². The van der Waals surface area contributed by atoms with Gasteiger partial charge in [0.1, 0.15) is 35.4 Å². The van der Waals surface area contributed by atoms with E-state index in [1.165, 1.54) is 0 Å². The van der Waals surface area contributed by atoms with E-state index in [0.717, 1.165) is 31.5 Å². The maximum Gasteiger partial charge on any atom is 0.254 e. The first-order chi connectivity index (χ1) is 30.6. The Morgan fingerprint density at radius 3 is 2.30 bits per heavy atom. The van der Waals surface area contributed by atoms with Crippen molar-refractivity contribution in [3.05, 3.63) is 76.7 Å². The smallest absolute Gasteiger partial charge is 0.254 e. The zero-order chi connectivity index (χ0) is 45.3. The number of hydrogen-bond acceptors (Lipinski definition) is 13. The Labute approximate surface area is 378 Å². The maximum absolute atomic E-state index is 13.7. The molecule has 2 aromatic heterocycles. The summed E-state index contributed by atoms with van der Waals surface area (Å²) in [5.41, 5.74) is 1.72. The van der Waals surface area contributed by atoms with Crippen LogP contribution in [0.15, 0.2) is 55.0 Å². The van der Waals surface area contributed by atoms with Crippen LogP contribution in [-0.2, 0) is 4.79 Å². The van der Waals surface area contributed by atoms with Gasteiger partial charge in [-0.3, -0.25) is 14.4 Å². The lowest BCUT2D eigenvalue weighted by Gasteiger charge is -2.63. The van der Waals surface area contributed by atoms with Gasteiger partial charge in [0, 0.05) is 85.6 Å². The molecule has 5 heterocycles. The highest BCUT2D eigenvalue weighted by atomic mass is 35.5. The SMILES string of the molecule is CC[C@@H]1C(=O)N(C)c2cnc(Nc3ccc(C(=O)N4CC5(C4)CN(c4ncc(C(=O)NC6C(C)(C)C(Oc7ccc(C#N)c(Cl)c7)C6(C)C)cn4)C5)cc3OC)nc2N1C1CCCC1. The molecule has 4 aromatic rings. The molecule has 2 N–H and O–H groups in total. The van der Waals surface area contributed by atoms with Gasteiger partial charge in [0.15, 0.2) is 5.82 Å². The van der Waals surface area contributed by atoms with E-state index in [-0.39, 0.29) is 47.4 Å². The summed E-state index contributed by atoms with van der Waals surface area (Å²) in [6.45, 7) is 12.9. The molecular formula is C47H54ClN11O5. The molecule has 17 heteroatoms. The number of anilines is 5. The van der Waals surface area contributed by atoms with Gasteiger partial charge in [-0.15, -0.1) is 0 Å². The minimum absolute atomic E-state index is 0.0463. The third-order valence-electron chi connectivity index (χ3n) is 14.1. The minimum Gasteiger partial charge on any atom is -0.495 e. The van der Waals surface area contributed by atoms with Crippen LogP contribution in [0.3, 0.4) is 0 Å². The number of benzene rings is 2. The Bertz CT molecular complexity index is 2530. The van der Waals surface area contributed by atoms with E-state index in [9.17, 15) is 19.6 Å². The van der Waals surface area contributed by atoms with Crippen molar-refractivity contribution in [3.63, 3.8) is 0 Å². The number of halogens is 1. The fraction of sp³-hybridized carbons (Fsp3) is 0.489. The summed E-state index contributed by atoms with van der Waals surface area (Å²) < 4.78 is 12.1. The van der Waals surface area contributed by atoms with Crippen LogP contribution in [0.4, 0.5) is 29.1 Å². The van der Waals surface area contributed by atoms with Crippen LogP contribution >= 0.6 is 11.6 Å². The van der Waals surface area contributed by atoms with Crippen molar-refractivity contribution in [2.24, 2.45) is 16.2 Å². The highest BCUT2D eigenvalue weighted by molar-refractivity contribution is 6.31. The molecule has 3 amide bonds. The van der Waals surface area contributed by atoms with Gasteiger partial charge in [0.25, 0.3) is 11.8 Å². The van der Waals surface area contributed by atoms with Crippen LogP contribution in [0.25, 0.3) is 0 Å². The number of carbonyl (C=O) groups excluding carboxylic acids is 3. The molecule has 0 radical (unpaired) electrons. The summed E-state index contributed by atoms with van der Waals surface area (Å²) in [5, 5.41) is 16.1. The number of fused-ring (bicyclic) bond motifs is 1. The normalized spacial score (nSPS) is 22.7. The van der Waals surface area contributed by atoms with Crippen molar-refractivity contribution in [1.29, 1.82) is 5.26 Å². The molecule has 3 aliphatic heterocycles. The lowest BCUT2D eigenvalue weighted by Crippen LogP contribution is -2.74. The molecule has 1 spiro atoms. The van der Waals surface area contributed by atoms with E-state index in [0.29, 0.717) is 89.1 Å². The van der Waals surface area contributed by atoms with Crippen molar-refractivity contribution in [3.8, 4) is 17.6 Å². The van der Waals surface area contributed by atoms with E-state index in [4.69, 9.17) is 26.1 Å². The molecule has 0 bridgehead atoms. The average molecular weight is 888 g/mol. The first-order valence-corrected chi connectivity index (χ1v) is 22.4. The standard InChI is InChI=1S/C47H54ClN11O5/c1-8-34-40(62)56(6)35-22-50-43(54-37(35)59(34)30-11-9-10-12-30)53-33-16-14-27(17-36(33)63-7)39(61)57-23-47(24-57)25-58(26-47)44-51-20-29(21-52-44)38(60)55-41-45(2,3)42(46(41,4)5)64-31-15-13-28(19-49)32(48)18-31/h13-18,20-22,30,34,41-42H,8-12,23-26H2,1-7H3,(H,55,60)(H,50,53,54)/t34-,41?,42?/m1/s1. The number of rotatable bonds is 11. The van der Waals surface area contributed by atoms with Crippen molar-refractivity contribution >= 4 is 58.4 Å². The second kappa shape index (κ2) is 16.1. The monoisotopic (exact) mass is 887 g/mol. The molecule has 5 aliphatic rings. The molecule has 16 nitrogen and oxygen atoms in total. The van der Waals surface area contributed by atoms with Gasteiger partial charge in [-0.05, 0) is 49.6 Å². The zero-order valence-electron chi connectivity index (χ0n) is 37.3. The number of ether oxygens (including phenoxy) is 2. The van der Waals surface area contributed by atoms with Crippen molar-refractivity contribution in [1.82, 2.24) is 30.2 Å².